The van der Waals surface area contributed by atoms with E-state index in [4.69, 9.17) is 4.74 Å². The maximum atomic E-state index is 5.51. The van der Waals surface area contributed by atoms with Crippen molar-refractivity contribution >= 4 is 0 Å². The molecule has 1 aromatic carbocycles. The van der Waals surface area contributed by atoms with E-state index >= 15 is 0 Å². The number of likely N-dealkylation sites (tertiary alicyclic amines) is 1. The number of nitrogens with zero attached hydrogens (tertiary/aromatic N) is 1. The van der Waals surface area contributed by atoms with Gasteiger partial charge in [-0.25, -0.2) is 0 Å². The molecule has 1 fully saturated rings. The summed E-state index contributed by atoms with van der Waals surface area (Å²) in [7, 11) is 3.96. The van der Waals surface area contributed by atoms with Crippen LogP contribution in [0.15, 0.2) is 18.2 Å². The van der Waals surface area contributed by atoms with Gasteiger partial charge in [0.1, 0.15) is 5.75 Å². The Morgan fingerprint density at radius 1 is 1.35 bits per heavy atom. The molecule has 1 aromatic rings. The van der Waals surface area contributed by atoms with Crippen LogP contribution in [0.25, 0.3) is 0 Å². The number of ether oxygens (including phenoxy) is 1. The van der Waals surface area contributed by atoms with Gasteiger partial charge in [0.15, 0.2) is 0 Å². The minimum Gasteiger partial charge on any atom is -0.496 e. The summed E-state index contributed by atoms with van der Waals surface area (Å²) < 4.78 is 5.51. The van der Waals surface area contributed by atoms with Crippen molar-refractivity contribution in [2.24, 2.45) is 5.92 Å². The molecule has 1 atom stereocenters. The fourth-order valence-corrected chi connectivity index (χ4v) is 2.90. The molecule has 1 aliphatic rings. The quantitative estimate of drug-likeness (QED) is 0.895. The third-order valence-corrected chi connectivity index (χ3v) is 4.41. The first-order chi connectivity index (χ1) is 9.60. The van der Waals surface area contributed by atoms with E-state index in [1.54, 1.807) is 7.11 Å². The lowest BCUT2D eigenvalue weighted by Crippen LogP contribution is -2.35. The summed E-state index contributed by atoms with van der Waals surface area (Å²) in [5.74, 6) is 1.80. The minimum absolute atomic E-state index is 0.338. The predicted octanol–water partition coefficient (Wildman–Crippen LogP) is 3.00. The number of benzene rings is 1. The molecule has 2 rings (SSSR count). The molecule has 0 aliphatic carbocycles. The average molecular weight is 276 g/mol. The Morgan fingerprint density at radius 2 is 2.05 bits per heavy atom. The molecule has 1 N–H and O–H groups in total. The summed E-state index contributed by atoms with van der Waals surface area (Å²) in [6, 6.07) is 6.79. The molecule has 1 saturated heterocycles. The highest BCUT2D eigenvalue weighted by Crippen LogP contribution is 2.26. The van der Waals surface area contributed by atoms with E-state index < -0.39 is 0 Å². The van der Waals surface area contributed by atoms with Gasteiger partial charge in [-0.2, -0.15) is 0 Å². The Hall–Kier alpha value is -1.06. The predicted molar refractivity (Wildman–Crippen MR) is 84.4 cm³/mol. The van der Waals surface area contributed by atoms with Crippen molar-refractivity contribution in [3.8, 4) is 5.75 Å². The molecule has 0 amide bonds. The zero-order valence-corrected chi connectivity index (χ0v) is 13.3. The van der Waals surface area contributed by atoms with Crippen LogP contribution in [0.4, 0.5) is 0 Å². The zero-order chi connectivity index (χ0) is 14.5. The van der Waals surface area contributed by atoms with E-state index in [-0.39, 0.29) is 0 Å². The van der Waals surface area contributed by atoms with Gasteiger partial charge < -0.3 is 15.0 Å². The molecule has 0 saturated carbocycles. The first-order valence-electron chi connectivity index (χ1n) is 7.66. The second kappa shape index (κ2) is 7.09. The summed E-state index contributed by atoms with van der Waals surface area (Å²) in [5, 5.41) is 3.68. The number of rotatable bonds is 5. The van der Waals surface area contributed by atoms with Gasteiger partial charge in [-0.05, 0) is 70.9 Å². The van der Waals surface area contributed by atoms with Crippen molar-refractivity contribution in [3.63, 3.8) is 0 Å². The zero-order valence-electron chi connectivity index (χ0n) is 13.3. The van der Waals surface area contributed by atoms with Gasteiger partial charge in [-0.1, -0.05) is 12.1 Å². The number of methoxy groups -OCH3 is 1. The van der Waals surface area contributed by atoms with Crippen molar-refractivity contribution in [2.75, 3.05) is 33.8 Å². The van der Waals surface area contributed by atoms with Crippen LogP contribution in [0.1, 0.15) is 36.9 Å². The van der Waals surface area contributed by atoms with Crippen molar-refractivity contribution in [3.05, 3.63) is 29.3 Å². The van der Waals surface area contributed by atoms with Crippen LogP contribution in [-0.4, -0.2) is 38.7 Å². The van der Waals surface area contributed by atoms with Crippen molar-refractivity contribution in [1.29, 1.82) is 0 Å². The standard InChI is InChI=1S/C17H28N2O/c1-13-5-6-16(17(11-13)20-4)14(2)18-12-15-7-9-19(3)10-8-15/h5-6,11,14-15,18H,7-10,12H2,1-4H3. The number of hydrogen-bond donors (Lipinski definition) is 1. The van der Waals surface area contributed by atoms with E-state index in [0.29, 0.717) is 6.04 Å². The van der Waals surface area contributed by atoms with E-state index in [1.165, 1.54) is 37.1 Å². The van der Waals surface area contributed by atoms with Crippen LogP contribution >= 0.6 is 0 Å². The molecule has 3 nitrogen and oxygen atoms in total. The van der Waals surface area contributed by atoms with Crippen LogP contribution in [-0.2, 0) is 0 Å². The maximum absolute atomic E-state index is 5.51. The van der Waals surface area contributed by atoms with Gasteiger partial charge in [-0.15, -0.1) is 0 Å². The third-order valence-electron chi connectivity index (χ3n) is 4.41. The second-order valence-corrected chi connectivity index (χ2v) is 6.12. The molecule has 0 spiro atoms. The Balaban J connectivity index is 1.90. The van der Waals surface area contributed by atoms with Crippen molar-refractivity contribution in [2.45, 2.75) is 32.7 Å². The van der Waals surface area contributed by atoms with Gasteiger partial charge >= 0.3 is 0 Å². The van der Waals surface area contributed by atoms with Gasteiger partial charge in [-0.3, -0.25) is 0 Å². The highest BCUT2D eigenvalue weighted by atomic mass is 16.5. The summed E-state index contributed by atoms with van der Waals surface area (Å²) in [6.45, 7) is 7.89. The van der Waals surface area contributed by atoms with E-state index in [2.05, 4.69) is 49.3 Å². The number of hydrogen-bond acceptors (Lipinski definition) is 3. The van der Waals surface area contributed by atoms with Crippen LogP contribution < -0.4 is 10.1 Å². The summed E-state index contributed by atoms with van der Waals surface area (Å²) in [4.78, 5) is 2.42. The molecule has 0 bridgehead atoms. The number of piperidine rings is 1. The lowest BCUT2D eigenvalue weighted by molar-refractivity contribution is 0.213. The topological polar surface area (TPSA) is 24.5 Å². The van der Waals surface area contributed by atoms with Crippen molar-refractivity contribution < 1.29 is 4.74 Å². The molecular weight excluding hydrogens is 248 g/mol. The minimum atomic E-state index is 0.338. The van der Waals surface area contributed by atoms with Gasteiger partial charge in [0, 0.05) is 11.6 Å². The van der Waals surface area contributed by atoms with Crippen LogP contribution in [0.3, 0.4) is 0 Å². The average Bonchev–Trinajstić information content (AvgIpc) is 2.46. The SMILES string of the molecule is COc1cc(C)ccc1C(C)NCC1CCN(C)CC1. The Morgan fingerprint density at radius 3 is 2.70 bits per heavy atom. The van der Waals surface area contributed by atoms with Crippen LogP contribution in [0.5, 0.6) is 5.75 Å². The molecule has 3 heteroatoms. The van der Waals surface area contributed by atoms with Gasteiger partial charge in [0.05, 0.1) is 7.11 Å². The lowest BCUT2D eigenvalue weighted by Gasteiger charge is -2.30. The first kappa shape index (κ1) is 15.3. The Kier molecular flexibility index (Phi) is 5.44. The highest BCUT2D eigenvalue weighted by molar-refractivity contribution is 5.39. The van der Waals surface area contributed by atoms with E-state index in [0.717, 1.165) is 18.2 Å². The largest absolute Gasteiger partial charge is 0.496 e. The first-order valence-corrected chi connectivity index (χ1v) is 7.66. The smallest absolute Gasteiger partial charge is 0.123 e. The monoisotopic (exact) mass is 276 g/mol. The highest BCUT2D eigenvalue weighted by Gasteiger charge is 2.18. The lowest BCUT2D eigenvalue weighted by atomic mass is 9.96. The molecule has 0 radical (unpaired) electrons. The third kappa shape index (κ3) is 3.97. The van der Waals surface area contributed by atoms with Crippen LogP contribution in [0, 0.1) is 12.8 Å². The summed E-state index contributed by atoms with van der Waals surface area (Å²) >= 11 is 0. The van der Waals surface area contributed by atoms with E-state index in [1.807, 2.05) is 0 Å². The van der Waals surface area contributed by atoms with Crippen molar-refractivity contribution in [1.82, 2.24) is 10.2 Å². The molecule has 0 aromatic heterocycles. The number of aryl methyl sites for hydroxylation is 1. The number of nitrogens with one attached hydrogen (secondary N) is 1. The fraction of sp³-hybridized carbons (Fsp3) is 0.647. The van der Waals surface area contributed by atoms with Gasteiger partial charge in [0.2, 0.25) is 0 Å². The summed E-state index contributed by atoms with van der Waals surface area (Å²) in [6.07, 6.45) is 2.61. The van der Waals surface area contributed by atoms with Gasteiger partial charge in [0.25, 0.3) is 0 Å². The molecule has 1 aliphatic heterocycles. The molecule has 1 unspecified atom stereocenters. The summed E-state index contributed by atoms with van der Waals surface area (Å²) in [5.41, 5.74) is 2.50. The molecule has 112 valence electrons. The maximum Gasteiger partial charge on any atom is 0.123 e. The second-order valence-electron chi connectivity index (χ2n) is 6.12. The van der Waals surface area contributed by atoms with Crippen LogP contribution in [0.2, 0.25) is 0 Å². The molecule has 1 heterocycles. The Labute approximate surface area is 123 Å². The molecular formula is C17H28N2O. The molecule has 20 heavy (non-hydrogen) atoms. The fourth-order valence-electron chi connectivity index (χ4n) is 2.90. The Bertz CT molecular complexity index is 425. The van der Waals surface area contributed by atoms with E-state index in [9.17, 15) is 0 Å². The normalized spacial score (nSPS) is 19.0.